The fourth-order valence-electron chi connectivity index (χ4n) is 4.01. The van der Waals surface area contributed by atoms with Crippen LogP contribution in [0.3, 0.4) is 0 Å². The van der Waals surface area contributed by atoms with E-state index in [4.69, 9.17) is 4.42 Å². The van der Waals surface area contributed by atoms with Crippen molar-refractivity contribution in [3.8, 4) is 5.69 Å². The molecule has 5 aromatic rings. The van der Waals surface area contributed by atoms with Crippen LogP contribution in [0.15, 0.2) is 68.6 Å². The number of aromatic amines is 2. The second-order valence-electron chi connectivity index (χ2n) is 7.72. The highest BCUT2D eigenvalue weighted by Crippen LogP contribution is 2.23. The van der Waals surface area contributed by atoms with Gasteiger partial charge in [-0.25, -0.2) is 14.3 Å². The number of benzene rings is 2. The Labute approximate surface area is 187 Å². The zero-order chi connectivity index (χ0) is 23.1. The third kappa shape index (κ3) is 3.43. The first-order valence-corrected chi connectivity index (χ1v) is 10.6. The molecule has 9 nitrogen and oxygen atoms in total. The molecule has 0 radical (unpaired) electrons. The van der Waals surface area contributed by atoms with Gasteiger partial charge >= 0.3 is 5.69 Å². The Bertz CT molecular complexity index is 1570. The standard InChI is InChI=1S/C24H21N5O4/c1-3-15(20-25-16-11-7-8-12-17(16)26-20)27-21(30)18-13(2)33-22-19(18)23(31)29(24(32)28-22)14-9-5-4-6-10-14/h4-12,15H,3H2,1-2H3,(H,25,26)(H,27,30)(H,28,32). The Morgan fingerprint density at radius 3 is 2.55 bits per heavy atom. The third-order valence-corrected chi connectivity index (χ3v) is 5.62. The number of carbonyl (C=O) groups excluding carboxylic acids is 1. The number of hydrogen-bond acceptors (Lipinski definition) is 5. The number of H-pyrrole nitrogens is 2. The van der Waals surface area contributed by atoms with Crippen LogP contribution in [0.2, 0.25) is 0 Å². The fraction of sp³-hybridized carbons (Fsp3) is 0.167. The molecular formula is C24H21N5O4. The van der Waals surface area contributed by atoms with Gasteiger partial charge in [0, 0.05) is 0 Å². The molecule has 3 aromatic heterocycles. The van der Waals surface area contributed by atoms with Crippen LogP contribution in [0.4, 0.5) is 0 Å². The van der Waals surface area contributed by atoms with E-state index >= 15 is 0 Å². The maximum Gasteiger partial charge on any atom is 0.335 e. The molecule has 0 saturated carbocycles. The molecule has 0 bridgehead atoms. The van der Waals surface area contributed by atoms with Crippen LogP contribution in [0.1, 0.15) is 41.3 Å². The van der Waals surface area contributed by atoms with Crippen LogP contribution in [0, 0.1) is 6.92 Å². The molecule has 0 aliphatic carbocycles. The van der Waals surface area contributed by atoms with Gasteiger partial charge in [-0.05, 0) is 37.6 Å². The van der Waals surface area contributed by atoms with Crippen molar-refractivity contribution in [2.75, 3.05) is 0 Å². The molecule has 1 unspecified atom stereocenters. The van der Waals surface area contributed by atoms with Gasteiger partial charge in [0.15, 0.2) is 0 Å². The van der Waals surface area contributed by atoms with Crippen LogP contribution in [0.25, 0.3) is 27.8 Å². The molecule has 5 rings (SSSR count). The smallest absolute Gasteiger partial charge is 0.335 e. The first-order valence-electron chi connectivity index (χ1n) is 10.6. The van der Waals surface area contributed by atoms with Gasteiger partial charge in [0.05, 0.1) is 28.3 Å². The number of nitrogens with one attached hydrogen (secondary N) is 3. The Morgan fingerprint density at radius 1 is 1.09 bits per heavy atom. The molecule has 0 spiro atoms. The van der Waals surface area contributed by atoms with Crippen LogP contribution in [0.5, 0.6) is 0 Å². The zero-order valence-electron chi connectivity index (χ0n) is 18.0. The summed E-state index contributed by atoms with van der Waals surface area (Å²) < 4.78 is 6.58. The first kappa shape index (κ1) is 20.5. The number of furan rings is 1. The van der Waals surface area contributed by atoms with E-state index in [9.17, 15) is 14.4 Å². The summed E-state index contributed by atoms with van der Waals surface area (Å²) in [6.45, 7) is 3.51. The summed E-state index contributed by atoms with van der Waals surface area (Å²) in [5, 5.41) is 2.97. The quantitative estimate of drug-likeness (QED) is 0.384. The second kappa shape index (κ2) is 7.94. The molecule has 166 valence electrons. The molecule has 0 saturated heterocycles. The lowest BCUT2D eigenvalue weighted by molar-refractivity contribution is 0.0933. The number of imidazole rings is 1. The SMILES string of the molecule is CCC(NC(=O)c1c(C)oc2[nH]c(=O)n(-c3ccccc3)c(=O)c12)c1nc2ccccc2[nH]1. The van der Waals surface area contributed by atoms with Gasteiger partial charge in [-0.15, -0.1) is 0 Å². The average molecular weight is 443 g/mol. The summed E-state index contributed by atoms with van der Waals surface area (Å²) in [4.78, 5) is 49.6. The number of nitrogens with zero attached hydrogens (tertiary/aromatic N) is 2. The number of rotatable bonds is 5. The van der Waals surface area contributed by atoms with Crippen LogP contribution in [-0.2, 0) is 0 Å². The third-order valence-electron chi connectivity index (χ3n) is 5.62. The Balaban J connectivity index is 1.59. The molecule has 0 fully saturated rings. The van der Waals surface area contributed by atoms with Gasteiger partial charge in [0.1, 0.15) is 17.0 Å². The monoisotopic (exact) mass is 443 g/mol. The van der Waals surface area contributed by atoms with Crippen molar-refractivity contribution in [3.05, 3.63) is 92.6 Å². The lowest BCUT2D eigenvalue weighted by Crippen LogP contribution is -2.35. The predicted octanol–water partition coefficient (Wildman–Crippen LogP) is 3.34. The van der Waals surface area contributed by atoms with E-state index in [1.807, 2.05) is 31.2 Å². The minimum atomic E-state index is -0.645. The van der Waals surface area contributed by atoms with Crippen molar-refractivity contribution >= 4 is 28.0 Å². The van der Waals surface area contributed by atoms with Gasteiger partial charge in [-0.3, -0.25) is 14.6 Å². The van der Waals surface area contributed by atoms with E-state index < -0.39 is 23.2 Å². The van der Waals surface area contributed by atoms with Crippen molar-refractivity contribution in [2.24, 2.45) is 0 Å². The van der Waals surface area contributed by atoms with Gasteiger partial charge < -0.3 is 14.7 Å². The minimum Gasteiger partial charge on any atom is -0.444 e. The number of para-hydroxylation sites is 3. The molecule has 33 heavy (non-hydrogen) atoms. The topological polar surface area (TPSA) is 126 Å². The van der Waals surface area contributed by atoms with Crippen molar-refractivity contribution in [1.29, 1.82) is 0 Å². The maximum absolute atomic E-state index is 13.3. The van der Waals surface area contributed by atoms with Crippen LogP contribution in [-0.4, -0.2) is 25.4 Å². The minimum absolute atomic E-state index is 0.0212. The molecule has 1 amide bonds. The van der Waals surface area contributed by atoms with E-state index in [0.717, 1.165) is 15.6 Å². The highest BCUT2D eigenvalue weighted by Gasteiger charge is 2.26. The summed E-state index contributed by atoms with van der Waals surface area (Å²) in [5.74, 6) is 0.371. The Kier molecular flexibility index (Phi) is 4.93. The summed E-state index contributed by atoms with van der Waals surface area (Å²) >= 11 is 0. The number of aryl methyl sites for hydroxylation is 1. The molecule has 1 atom stereocenters. The largest absolute Gasteiger partial charge is 0.444 e. The van der Waals surface area contributed by atoms with E-state index in [-0.39, 0.29) is 22.4 Å². The first-order chi connectivity index (χ1) is 16.0. The number of fused-ring (bicyclic) bond motifs is 2. The van der Waals surface area contributed by atoms with Gasteiger partial charge in [0.25, 0.3) is 11.5 Å². The number of amides is 1. The normalized spacial score (nSPS) is 12.3. The Morgan fingerprint density at radius 2 is 1.82 bits per heavy atom. The van der Waals surface area contributed by atoms with Gasteiger partial charge in [-0.2, -0.15) is 0 Å². The number of aromatic nitrogens is 4. The van der Waals surface area contributed by atoms with E-state index in [2.05, 4.69) is 20.3 Å². The summed E-state index contributed by atoms with van der Waals surface area (Å²) in [5.41, 5.74) is 0.848. The van der Waals surface area contributed by atoms with Gasteiger partial charge in [-0.1, -0.05) is 37.3 Å². The lowest BCUT2D eigenvalue weighted by Gasteiger charge is -2.14. The Hall–Kier alpha value is -4.40. The van der Waals surface area contributed by atoms with Crippen molar-refractivity contribution in [1.82, 2.24) is 24.8 Å². The van der Waals surface area contributed by atoms with Crippen LogP contribution >= 0.6 is 0 Å². The molecule has 0 aliphatic rings. The molecule has 0 aliphatic heterocycles. The predicted molar refractivity (Wildman–Crippen MR) is 124 cm³/mol. The molecule has 3 heterocycles. The molecular weight excluding hydrogens is 422 g/mol. The van der Waals surface area contributed by atoms with E-state index in [1.54, 1.807) is 37.3 Å². The summed E-state index contributed by atoms with van der Waals surface area (Å²) in [6, 6.07) is 15.7. The highest BCUT2D eigenvalue weighted by molar-refractivity contribution is 6.06. The van der Waals surface area contributed by atoms with Crippen molar-refractivity contribution < 1.29 is 9.21 Å². The van der Waals surface area contributed by atoms with E-state index in [1.165, 1.54) is 0 Å². The zero-order valence-corrected chi connectivity index (χ0v) is 18.0. The lowest BCUT2D eigenvalue weighted by atomic mass is 10.1. The highest BCUT2D eigenvalue weighted by atomic mass is 16.3. The summed E-state index contributed by atoms with van der Waals surface area (Å²) in [6.07, 6.45) is 0.575. The second-order valence-corrected chi connectivity index (χ2v) is 7.72. The number of carbonyl (C=O) groups is 1. The van der Waals surface area contributed by atoms with Gasteiger partial charge in [0.2, 0.25) is 5.71 Å². The molecule has 9 heteroatoms. The van der Waals surface area contributed by atoms with Crippen LogP contribution < -0.4 is 16.6 Å². The molecule has 3 N–H and O–H groups in total. The van der Waals surface area contributed by atoms with Crippen molar-refractivity contribution in [3.63, 3.8) is 0 Å². The maximum atomic E-state index is 13.3. The van der Waals surface area contributed by atoms with E-state index in [0.29, 0.717) is 17.9 Å². The number of hydrogen-bond donors (Lipinski definition) is 3. The molecule has 2 aromatic carbocycles. The average Bonchev–Trinajstić information content (AvgIpc) is 3.38. The fourth-order valence-corrected chi connectivity index (χ4v) is 4.01. The van der Waals surface area contributed by atoms with Crippen molar-refractivity contribution in [2.45, 2.75) is 26.3 Å². The summed E-state index contributed by atoms with van der Waals surface area (Å²) in [7, 11) is 0.